The highest BCUT2D eigenvalue weighted by Gasteiger charge is 2.38. The van der Waals surface area contributed by atoms with E-state index in [1.54, 1.807) is 0 Å². The molecule has 3 unspecified atom stereocenters. The maximum atomic E-state index is 9.68. The Bertz CT molecular complexity index is 479. The van der Waals surface area contributed by atoms with Crippen LogP contribution in [0.1, 0.15) is 44.6 Å². The molecule has 2 heteroatoms. The summed E-state index contributed by atoms with van der Waals surface area (Å²) in [5.41, 5.74) is 1.44. The smallest absolute Gasteiger partial charge is 0.0690 e. The van der Waals surface area contributed by atoms with E-state index in [0.717, 1.165) is 31.6 Å². The van der Waals surface area contributed by atoms with Crippen molar-refractivity contribution < 1.29 is 0 Å². The fraction of sp³-hybridized carbons (Fsp3) is 0.588. The minimum Gasteiger partial charge on any atom is -0.198 e. The highest BCUT2D eigenvalue weighted by Crippen LogP contribution is 2.48. The molecule has 0 radical (unpaired) electrons. The predicted molar refractivity (Wildman–Crippen MR) is 80.1 cm³/mol. The maximum absolute atomic E-state index is 9.68. The summed E-state index contributed by atoms with van der Waals surface area (Å²) in [5.74, 6) is 0.724. The Morgan fingerprint density at radius 3 is 3.00 bits per heavy atom. The van der Waals surface area contributed by atoms with Gasteiger partial charge in [0.2, 0.25) is 0 Å². The third-order valence-corrected chi connectivity index (χ3v) is 5.98. The molecule has 100 valence electrons. The Labute approximate surface area is 120 Å². The predicted octanol–water partition coefficient (Wildman–Crippen LogP) is 4.81. The van der Waals surface area contributed by atoms with Crippen LogP contribution >= 0.6 is 11.8 Å². The van der Waals surface area contributed by atoms with Gasteiger partial charge >= 0.3 is 0 Å². The van der Waals surface area contributed by atoms with Crippen LogP contribution in [0.15, 0.2) is 29.2 Å². The molecular weight excluding hydrogens is 250 g/mol. The summed E-state index contributed by atoms with van der Waals surface area (Å²) >= 11 is 1.99. The van der Waals surface area contributed by atoms with Crippen LogP contribution in [-0.4, -0.2) is 5.25 Å². The van der Waals surface area contributed by atoms with Gasteiger partial charge in [-0.1, -0.05) is 38.0 Å². The molecule has 0 spiro atoms. The summed E-state index contributed by atoms with van der Waals surface area (Å²) in [5, 5.41) is 10.3. The number of rotatable bonds is 2. The number of hydrogen-bond donors (Lipinski definition) is 0. The van der Waals surface area contributed by atoms with E-state index in [1.165, 1.54) is 23.3 Å². The molecular formula is C17H21NS. The SMILES string of the molecule is CC1CCCC(C#N)(CC2Cc3ccccc3S2)C1. The molecule has 2 aliphatic rings. The van der Waals surface area contributed by atoms with Crippen molar-refractivity contribution in [1.82, 2.24) is 0 Å². The second-order valence-corrected chi connectivity index (χ2v) is 7.69. The third-order valence-electron chi connectivity index (χ3n) is 4.66. The quantitative estimate of drug-likeness (QED) is 0.770. The molecule has 3 rings (SSSR count). The average Bonchev–Trinajstić information content (AvgIpc) is 2.80. The van der Waals surface area contributed by atoms with Crippen molar-refractivity contribution in [3.63, 3.8) is 0 Å². The minimum absolute atomic E-state index is 0.0443. The second-order valence-electron chi connectivity index (χ2n) is 6.35. The summed E-state index contributed by atoms with van der Waals surface area (Å²) in [4.78, 5) is 1.43. The fourth-order valence-corrected chi connectivity index (χ4v) is 5.28. The molecule has 1 nitrogen and oxygen atoms in total. The molecule has 1 fully saturated rings. The standard InChI is InChI=1S/C17H21NS/c1-13-5-4-8-17(10-13,12-18)11-15-9-14-6-2-3-7-16(14)19-15/h2-3,6-7,13,15H,4-5,8-11H2,1H3. The zero-order valence-corrected chi connectivity index (χ0v) is 12.4. The van der Waals surface area contributed by atoms with Crippen molar-refractivity contribution in [1.29, 1.82) is 5.26 Å². The Kier molecular flexibility index (Phi) is 3.58. The fourth-order valence-electron chi connectivity index (χ4n) is 3.80. The first-order valence-corrected chi connectivity index (χ1v) is 8.24. The lowest BCUT2D eigenvalue weighted by molar-refractivity contribution is 0.196. The molecule has 0 aromatic heterocycles. The van der Waals surface area contributed by atoms with Crippen LogP contribution < -0.4 is 0 Å². The van der Waals surface area contributed by atoms with Crippen molar-refractivity contribution in [3.05, 3.63) is 29.8 Å². The molecule has 3 atom stereocenters. The molecule has 1 aromatic rings. The van der Waals surface area contributed by atoms with E-state index in [1.807, 2.05) is 11.8 Å². The zero-order valence-electron chi connectivity index (χ0n) is 11.6. The number of nitrogens with zero attached hydrogens (tertiary/aromatic N) is 1. The van der Waals surface area contributed by atoms with E-state index in [9.17, 15) is 5.26 Å². The molecule has 1 saturated carbocycles. The summed E-state index contributed by atoms with van der Waals surface area (Å²) in [6.07, 6.45) is 6.99. The van der Waals surface area contributed by atoms with Gasteiger partial charge in [0.1, 0.15) is 0 Å². The Morgan fingerprint density at radius 1 is 1.42 bits per heavy atom. The molecule has 1 aliphatic heterocycles. The van der Waals surface area contributed by atoms with Crippen molar-refractivity contribution in [2.24, 2.45) is 11.3 Å². The van der Waals surface area contributed by atoms with Crippen molar-refractivity contribution in [2.75, 3.05) is 0 Å². The highest BCUT2D eigenvalue weighted by molar-refractivity contribution is 8.00. The number of nitriles is 1. The van der Waals surface area contributed by atoms with Gasteiger partial charge < -0.3 is 0 Å². The van der Waals surface area contributed by atoms with Crippen LogP contribution in [0.3, 0.4) is 0 Å². The third kappa shape index (κ3) is 2.67. The normalized spacial score (nSPS) is 33.7. The van der Waals surface area contributed by atoms with E-state index >= 15 is 0 Å². The van der Waals surface area contributed by atoms with Gasteiger partial charge in [0.15, 0.2) is 0 Å². The number of benzene rings is 1. The van der Waals surface area contributed by atoms with Gasteiger partial charge in [0.25, 0.3) is 0 Å². The molecule has 19 heavy (non-hydrogen) atoms. The Balaban J connectivity index is 1.71. The average molecular weight is 271 g/mol. The monoisotopic (exact) mass is 271 g/mol. The van der Waals surface area contributed by atoms with Gasteiger partial charge in [-0.05, 0) is 43.2 Å². The summed E-state index contributed by atoms with van der Waals surface area (Å²) in [6.45, 7) is 2.31. The molecule has 1 heterocycles. The van der Waals surface area contributed by atoms with Gasteiger partial charge in [0.05, 0.1) is 11.5 Å². The first-order chi connectivity index (χ1) is 9.21. The number of thioether (sulfide) groups is 1. The van der Waals surface area contributed by atoms with Crippen LogP contribution in [0.5, 0.6) is 0 Å². The van der Waals surface area contributed by atoms with Crippen LogP contribution in [0, 0.1) is 22.7 Å². The second kappa shape index (κ2) is 5.21. The first kappa shape index (κ1) is 13.1. The molecule has 1 aliphatic carbocycles. The van der Waals surface area contributed by atoms with E-state index < -0.39 is 0 Å². The Morgan fingerprint density at radius 2 is 2.26 bits per heavy atom. The van der Waals surface area contributed by atoms with E-state index in [0.29, 0.717) is 5.25 Å². The van der Waals surface area contributed by atoms with Gasteiger partial charge in [-0.25, -0.2) is 0 Å². The minimum atomic E-state index is -0.0443. The van der Waals surface area contributed by atoms with Crippen LogP contribution in [0.25, 0.3) is 0 Å². The molecule has 0 saturated heterocycles. The Hall–Kier alpha value is -0.940. The number of hydrogen-bond acceptors (Lipinski definition) is 2. The van der Waals surface area contributed by atoms with Crippen LogP contribution in [0.2, 0.25) is 0 Å². The van der Waals surface area contributed by atoms with Crippen molar-refractivity contribution in [2.45, 2.75) is 55.6 Å². The van der Waals surface area contributed by atoms with E-state index in [4.69, 9.17) is 0 Å². The summed E-state index contributed by atoms with van der Waals surface area (Å²) in [7, 11) is 0. The van der Waals surface area contributed by atoms with Crippen molar-refractivity contribution in [3.8, 4) is 6.07 Å². The van der Waals surface area contributed by atoms with Gasteiger partial charge in [-0.2, -0.15) is 5.26 Å². The van der Waals surface area contributed by atoms with Gasteiger partial charge in [0, 0.05) is 10.1 Å². The largest absolute Gasteiger partial charge is 0.198 e. The lowest BCUT2D eigenvalue weighted by Gasteiger charge is -2.35. The maximum Gasteiger partial charge on any atom is 0.0690 e. The molecule has 0 amide bonds. The topological polar surface area (TPSA) is 23.8 Å². The summed E-state index contributed by atoms with van der Waals surface area (Å²) < 4.78 is 0. The lowest BCUT2D eigenvalue weighted by atomic mass is 9.68. The van der Waals surface area contributed by atoms with Gasteiger partial charge in [-0.3, -0.25) is 0 Å². The molecule has 1 aromatic carbocycles. The highest BCUT2D eigenvalue weighted by atomic mass is 32.2. The van der Waals surface area contributed by atoms with Crippen LogP contribution in [0.4, 0.5) is 0 Å². The number of fused-ring (bicyclic) bond motifs is 1. The zero-order chi connectivity index (χ0) is 13.3. The first-order valence-electron chi connectivity index (χ1n) is 7.37. The van der Waals surface area contributed by atoms with Crippen LogP contribution in [-0.2, 0) is 6.42 Å². The summed E-state index contributed by atoms with van der Waals surface area (Å²) in [6, 6.07) is 11.4. The van der Waals surface area contributed by atoms with E-state index in [2.05, 4.69) is 37.3 Å². The lowest BCUT2D eigenvalue weighted by Crippen LogP contribution is -2.29. The van der Waals surface area contributed by atoms with Gasteiger partial charge in [-0.15, -0.1) is 11.8 Å². The molecule has 0 bridgehead atoms. The molecule has 0 N–H and O–H groups in total. The van der Waals surface area contributed by atoms with Crippen molar-refractivity contribution >= 4 is 11.8 Å². The van der Waals surface area contributed by atoms with E-state index in [-0.39, 0.29) is 5.41 Å².